The number of rotatable bonds is 4. The van der Waals surface area contributed by atoms with Crippen molar-refractivity contribution in [3.8, 4) is 0 Å². The Morgan fingerprint density at radius 2 is 2.29 bits per heavy atom. The van der Waals surface area contributed by atoms with Gasteiger partial charge in [0.25, 0.3) is 11.6 Å². The second-order valence-corrected chi connectivity index (χ2v) is 3.48. The molecule has 0 radical (unpaired) electrons. The number of aliphatic hydroxyl groups excluding tert-OH is 1. The molecule has 1 atom stereocenters. The van der Waals surface area contributed by atoms with Gasteiger partial charge in [-0.15, -0.1) is 0 Å². The molecule has 0 aliphatic heterocycles. The minimum absolute atomic E-state index is 0.0344. The van der Waals surface area contributed by atoms with Crippen molar-refractivity contribution in [3.63, 3.8) is 0 Å². The molecule has 6 nitrogen and oxygen atoms in total. The van der Waals surface area contributed by atoms with Crippen molar-refractivity contribution in [2.45, 2.75) is 13.0 Å². The first-order valence-corrected chi connectivity index (χ1v) is 4.82. The van der Waals surface area contributed by atoms with Crippen LogP contribution in [0.5, 0.6) is 0 Å². The van der Waals surface area contributed by atoms with Crippen LogP contribution in [0.4, 0.5) is 10.1 Å². The summed E-state index contributed by atoms with van der Waals surface area (Å²) in [4.78, 5) is 21.3. The first kappa shape index (κ1) is 13.0. The molecule has 1 rings (SSSR count). The van der Waals surface area contributed by atoms with E-state index in [9.17, 15) is 19.3 Å². The molecule has 17 heavy (non-hydrogen) atoms. The second-order valence-electron chi connectivity index (χ2n) is 3.48. The Balaban J connectivity index is 2.96. The number of hydrogen-bond donors (Lipinski definition) is 2. The van der Waals surface area contributed by atoms with Crippen molar-refractivity contribution in [1.82, 2.24) is 5.32 Å². The number of carbonyl (C=O) groups is 1. The Morgan fingerprint density at radius 1 is 1.65 bits per heavy atom. The lowest BCUT2D eigenvalue weighted by Crippen LogP contribution is -2.31. The van der Waals surface area contributed by atoms with E-state index in [0.717, 1.165) is 12.1 Å². The monoisotopic (exact) mass is 242 g/mol. The number of nitro groups is 1. The fourth-order valence-electron chi connectivity index (χ4n) is 1.18. The van der Waals surface area contributed by atoms with Gasteiger partial charge in [0.05, 0.1) is 17.1 Å². The van der Waals surface area contributed by atoms with Crippen molar-refractivity contribution in [3.05, 3.63) is 39.7 Å². The third kappa shape index (κ3) is 3.49. The second kappa shape index (κ2) is 5.35. The maximum absolute atomic E-state index is 12.8. The predicted octanol–water partition coefficient (Wildman–Crippen LogP) is 0.845. The Morgan fingerprint density at radius 3 is 2.82 bits per heavy atom. The number of benzene rings is 1. The molecule has 0 saturated carbocycles. The molecule has 1 unspecified atom stereocenters. The lowest BCUT2D eigenvalue weighted by molar-refractivity contribution is -0.385. The van der Waals surface area contributed by atoms with Gasteiger partial charge in [-0.3, -0.25) is 14.9 Å². The standard InChI is InChI=1S/C10H11FN2O4/c1-6(14)5-12-10(15)8-3-2-7(11)4-9(8)13(16)17/h2-4,6,14H,5H2,1H3,(H,12,15). The highest BCUT2D eigenvalue weighted by Crippen LogP contribution is 2.19. The molecule has 7 heteroatoms. The molecular weight excluding hydrogens is 231 g/mol. The molecule has 0 saturated heterocycles. The van der Waals surface area contributed by atoms with Crippen LogP contribution in [0, 0.1) is 15.9 Å². The van der Waals surface area contributed by atoms with Gasteiger partial charge in [0, 0.05) is 6.54 Å². The summed E-state index contributed by atoms with van der Waals surface area (Å²) in [5.74, 6) is -1.51. The summed E-state index contributed by atoms with van der Waals surface area (Å²) in [7, 11) is 0. The van der Waals surface area contributed by atoms with E-state index in [4.69, 9.17) is 5.11 Å². The zero-order chi connectivity index (χ0) is 13.0. The number of nitro benzene ring substituents is 1. The smallest absolute Gasteiger partial charge is 0.285 e. The fourth-order valence-corrected chi connectivity index (χ4v) is 1.18. The maximum Gasteiger partial charge on any atom is 0.285 e. The van der Waals surface area contributed by atoms with Gasteiger partial charge < -0.3 is 10.4 Å². The molecule has 0 aromatic heterocycles. The van der Waals surface area contributed by atoms with Crippen LogP contribution in [0.25, 0.3) is 0 Å². The van der Waals surface area contributed by atoms with Crippen LogP contribution in [-0.4, -0.2) is 28.6 Å². The van der Waals surface area contributed by atoms with Crippen molar-refractivity contribution in [2.75, 3.05) is 6.54 Å². The van der Waals surface area contributed by atoms with Crippen molar-refractivity contribution < 1.29 is 19.2 Å². The third-order valence-corrected chi connectivity index (χ3v) is 1.96. The molecule has 1 amide bonds. The van der Waals surface area contributed by atoms with E-state index in [1.165, 1.54) is 6.92 Å². The van der Waals surface area contributed by atoms with Gasteiger partial charge in [0.2, 0.25) is 0 Å². The zero-order valence-corrected chi connectivity index (χ0v) is 9.01. The van der Waals surface area contributed by atoms with E-state index in [0.29, 0.717) is 6.07 Å². The molecule has 0 aliphatic carbocycles. The van der Waals surface area contributed by atoms with Gasteiger partial charge in [0.1, 0.15) is 11.4 Å². The molecule has 0 fully saturated rings. The number of amides is 1. The average molecular weight is 242 g/mol. The zero-order valence-electron chi connectivity index (χ0n) is 9.01. The SMILES string of the molecule is CC(O)CNC(=O)c1ccc(F)cc1[N+](=O)[O-]. The largest absolute Gasteiger partial charge is 0.392 e. The normalized spacial score (nSPS) is 11.9. The summed E-state index contributed by atoms with van der Waals surface area (Å²) in [5, 5.41) is 21.9. The van der Waals surface area contributed by atoms with Crippen LogP contribution in [0.3, 0.4) is 0 Å². The molecule has 2 N–H and O–H groups in total. The Kier molecular flexibility index (Phi) is 4.11. The number of nitrogens with one attached hydrogen (secondary N) is 1. The average Bonchev–Trinajstić information content (AvgIpc) is 2.25. The van der Waals surface area contributed by atoms with Gasteiger partial charge in [-0.1, -0.05) is 0 Å². The lowest BCUT2D eigenvalue weighted by atomic mass is 10.1. The minimum Gasteiger partial charge on any atom is -0.392 e. The van der Waals surface area contributed by atoms with Crippen LogP contribution < -0.4 is 5.32 Å². The minimum atomic E-state index is -0.833. The Bertz CT molecular complexity index is 448. The first-order valence-electron chi connectivity index (χ1n) is 4.82. The van der Waals surface area contributed by atoms with Crippen LogP contribution in [0.1, 0.15) is 17.3 Å². The number of nitrogens with zero attached hydrogens (tertiary/aromatic N) is 1. The number of halogens is 1. The van der Waals surface area contributed by atoms with Crippen molar-refractivity contribution in [2.24, 2.45) is 0 Å². The van der Waals surface area contributed by atoms with Crippen LogP contribution in [0.2, 0.25) is 0 Å². The molecule has 0 heterocycles. The summed E-state index contributed by atoms with van der Waals surface area (Å²) in [5.41, 5.74) is -0.842. The quantitative estimate of drug-likeness (QED) is 0.604. The number of carbonyl (C=O) groups excluding carboxylic acids is 1. The first-order chi connectivity index (χ1) is 7.91. The third-order valence-electron chi connectivity index (χ3n) is 1.96. The topological polar surface area (TPSA) is 92.5 Å². The van der Waals surface area contributed by atoms with E-state index >= 15 is 0 Å². The molecule has 92 valence electrons. The highest BCUT2D eigenvalue weighted by atomic mass is 19.1. The Labute approximate surface area is 96.2 Å². The van der Waals surface area contributed by atoms with Crippen LogP contribution >= 0.6 is 0 Å². The van der Waals surface area contributed by atoms with Gasteiger partial charge in [0.15, 0.2) is 0 Å². The van der Waals surface area contributed by atoms with Crippen molar-refractivity contribution >= 4 is 11.6 Å². The fraction of sp³-hybridized carbons (Fsp3) is 0.300. The molecule has 1 aromatic rings. The van der Waals surface area contributed by atoms with Crippen molar-refractivity contribution in [1.29, 1.82) is 0 Å². The molecule has 0 spiro atoms. The van der Waals surface area contributed by atoms with E-state index in [2.05, 4.69) is 5.32 Å². The van der Waals surface area contributed by atoms with Crippen LogP contribution in [-0.2, 0) is 0 Å². The van der Waals surface area contributed by atoms with Gasteiger partial charge in [-0.05, 0) is 19.1 Å². The number of aliphatic hydroxyl groups is 1. The predicted molar refractivity (Wildman–Crippen MR) is 57.1 cm³/mol. The Hall–Kier alpha value is -2.02. The summed E-state index contributed by atoms with van der Waals surface area (Å²) < 4.78 is 12.8. The van der Waals surface area contributed by atoms with E-state index in [-0.39, 0.29) is 12.1 Å². The highest BCUT2D eigenvalue weighted by Gasteiger charge is 2.20. The van der Waals surface area contributed by atoms with E-state index in [1.54, 1.807) is 0 Å². The summed E-state index contributed by atoms with van der Waals surface area (Å²) in [6.07, 6.45) is -0.765. The molecule has 0 aliphatic rings. The summed E-state index contributed by atoms with van der Waals surface area (Å²) in [6, 6.07) is 2.67. The molecule has 1 aromatic carbocycles. The van der Waals surface area contributed by atoms with E-state index < -0.39 is 28.4 Å². The highest BCUT2D eigenvalue weighted by molar-refractivity contribution is 5.98. The molecule has 0 bridgehead atoms. The maximum atomic E-state index is 12.8. The van der Waals surface area contributed by atoms with E-state index in [1.807, 2.05) is 0 Å². The van der Waals surface area contributed by atoms with Gasteiger partial charge >= 0.3 is 0 Å². The summed E-state index contributed by atoms with van der Waals surface area (Å²) in [6.45, 7) is 1.42. The summed E-state index contributed by atoms with van der Waals surface area (Å²) >= 11 is 0. The lowest BCUT2D eigenvalue weighted by Gasteiger charge is -2.07. The molecular formula is C10H11FN2O4. The van der Waals surface area contributed by atoms with Gasteiger partial charge in [-0.25, -0.2) is 4.39 Å². The number of hydrogen-bond acceptors (Lipinski definition) is 4. The van der Waals surface area contributed by atoms with Gasteiger partial charge in [-0.2, -0.15) is 0 Å². The van der Waals surface area contributed by atoms with Crippen LogP contribution in [0.15, 0.2) is 18.2 Å².